The molecule has 0 aliphatic heterocycles. The highest BCUT2D eigenvalue weighted by Crippen LogP contribution is 2.50. The van der Waals surface area contributed by atoms with E-state index in [0.717, 1.165) is 45.0 Å². The first-order chi connectivity index (χ1) is 35.5. The van der Waals surface area contributed by atoms with Crippen LogP contribution >= 0.6 is 0 Å². The maximum absolute atomic E-state index is 2.48. The van der Waals surface area contributed by atoms with E-state index in [1.54, 1.807) is 0 Å². The lowest BCUT2D eigenvalue weighted by Crippen LogP contribution is -2.15. The number of aromatic nitrogens is 2. The van der Waals surface area contributed by atoms with Gasteiger partial charge in [-0.3, -0.25) is 0 Å². The van der Waals surface area contributed by atoms with Gasteiger partial charge in [-0.1, -0.05) is 172 Å². The Hall–Kier alpha value is -9.18. The Morgan fingerprint density at radius 1 is 0.278 bits per heavy atom. The number of fused-ring (bicyclic) bond motifs is 9. The third-order valence-electron chi connectivity index (χ3n) is 15.3. The molecule has 2 aromatic heterocycles. The topological polar surface area (TPSA) is 13.1 Å². The van der Waals surface area contributed by atoms with E-state index >= 15 is 0 Å². The van der Waals surface area contributed by atoms with Crippen LogP contribution in [0.25, 0.3) is 99.5 Å². The summed E-state index contributed by atoms with van der Waals surface area (Å²) in [6.45, 7) is 4.73. The molecular weight excluding hydrogens is 871 g/mol. The second-order valence-corrected chi connectivity index (χ2v) is 19.8. The van der Waals surface area contributed by atoms with Gasteiger partial charge in [0.25, 0.3) is 0 Å². The number of anilines is 3. The summed E-state index contributed by atoms with van der Waals surface area (Å²) in [6.07, 6.45) is 0. The van der Waals surface area contributed by atoms with Crippen LogP contribution in [-0.2, 0) is 5.41 Å². The van der Waals surface area contributed by atoms with Crippen molar-refractivity contribution in [3.8, 4) is 55.9 Å². The molecule has 3 heteroatoms. The molecule has 0 saturated heterocycles. The molecule has 0 radical (unpaired) electrons. The summed E-state index contributed by atoms with van der Waals surface area (Å²) in [5, 5.41) is 4.98. The van der Waals surface area contributed by atoms with E-state index in [4.69, 9.17) is 0 Å². The Bertz CT molecular complexity index is 4180. The lowest BCUT2D eigenvalue weighted by atomic mass is 9.82. The Kier molecular flexibility index (Phi) is 9.56. The Morgan fingerprint density at radius 3 is 1.29 bits per heavy atom. The monoisotopic (exact) mass is 919 g/mol. The zero-order valence-electron chi connectivity index (χ0n) is 40.2. The van der Waals surface area contributed by atoms with Crippen molar-refractivity contribution in [3.05, 3.63) is 272 Å². The van der Waals surface area contributed by atoms with Gasteiger partial charge in [-0.15, -0.1) is 0 Å². The van der Waals surface area contributed by atoms with Crippen LogP contribution in [0.4, 0.5) is 17.1 Å². The first kappa shape index (κ1) is 41.8. The summed E-state index contributed by atoms with van der Waals surface area (Å²) < 4.78 is 4.90. The molecule has 2 heterocycles. The van der Waals surface area contributed by atoms with Gasteiger partial charge in [0.15, 0.2) is 0 Å². The summed E-state index contributed by atoms with van der Waals surface area (Å²) in [7, 11) is 0. The van der Waals surface area contributed by atoms with Crippen molar-refractivity contribution in [1.29, 1.82) is 0 Å². The van der Waals surface area contributed by atoms with Gasteiger partial charge >= 0.3 is 0 Å². The zero-order valence-corrected chi connectivity index (χ0v) is 40.2. The largest absolute Gasteiger partial charge is 0.311 e. The molecule has 0 fully saturated rings. The van der Waals surface area contributed by atoms with E-state index in [9.17, 15) is 0 Å². The number of benzene rings is 11. The third kappa shape index (κ3) is 6.66. The predicted octanol–water partition coefficient (Wildman–Crippen LogP) is 18.7. The molecule has 14 rings (SSSR count). The molecular formula is C69H49N3. The molecule has 0 saturated carbocycles. The zero-order chi connectivity index (χ0) is 47.9. The maximum Gasteiger partial charge on any atom is 0.0547 e. The number of nitrogens with zero attached hydrogens (tertiary/aromatic N) is 3. The average Bonchev–Trinajstić information content (AvgIpc) is 4.04. The summed E-state index contributed by atoms with van der Waals surface area (Å²) in [5.41, 5.74) is 22.7. The van der Waals surface area contributed by atoms with Gasteiger partial charge in [0.1, 0.15) is 0 Å². The average molecular weight is 920 g/mol. The van der Waals surface area contributed by atoms with Gasteiger partial charge in [-0.2, -0.15) is 0 Å². The second-order valence-electron chi connectivity index (χ2n) is 19.8. The van der Waals surface area contributed by atoms with Crippen LogP contribution in [0.3, 0.4) is 0 Å². The fraction of sp³-hybridized carbons (Fsp3) is 0.0435. The molecule has 13 aromatic rings. The Balaban J connectivity index is 0.956. The van der Waals surface area contributed by atoms with Crippen LogP contribution in [0, 0.1) is 0 Å². The summed E-state index contributed by atoms with van der Waals surface area (Å²) in [4.78, 5) is 2.32. The highest BCUT2D eigenvalue weighted by Gasteiger charge is 2.35. The van der Waals surface area contributed by atoms with Crippen molar-refractivity contribution in [2.24, 2.45) is 0 Å². The Labute approximate surface area is 419 Å². The molecule has 72 heavy (non-hydrogen) atoms. The van der Waals surface area contributed by atoms with Crippen LogP contribution in [-0.4, -0.2) is 9.13 Å². The quantitative estimate of drug-likeness (QED) is 0.148. The van der Waals surface area contributed by atoms with Gasteiger partial charge in [-0.25, -0.2) is 0 Å². The molecule has 0 unspecified atom stereocenters. The van der Waals surface area contributed by atoms with Gasteiger partial charge < -0.3 is 14.0 Å². The van der Waals surface area contributed by atoms with E-state index in [1.165, 1.54) is 82.7 Å². The lowest BCUT2D eigenvalue weighted by Gasteiger charge is -2.25. The number of hydrogen-bond acceptors (Lipinski definition) is 1. The molecule has 0 spiro atoms. The maximum atomic E-state index is 2.48. The number of para-hydroxylation sites is 5. The van der Waals surface area contributed by atoms with Crippen molar-refractivity contribution in [2.45, 2.75) is 19.3 Å². The van der Waals surface area contributed by atoms with E-state index < -0.39 is 0 Å². The van der Waals surface area contributed by atoms with Crippen LogP contribution < -0.4 is 4.90 Å². The van der Waals surface area contributed by atoms with Gasteiger partial charge in [0.2, 0.25) is 0 Å². The fourth-order valence-corrected chi connectivity index (χ4v) is 11.8. The lowest BCUT2D eigenvalue weighted by molar-refractivity contribution is 0.660. The molecule has 0 bridgehead atoms. The van der Waals surface area contributed by atoms with Crippen molar-refractivity contribution in [2.75, 3.05) is 4.90 Å². The smallest absolute Gasteiger partial charge is 0.0547 e. The SMILES string of the molecule is CC1(C)c2ccccc2-c2ccc(-n3c4ccccc4c4ccc(-c5cc(-c6ccc(N(c7ccccc7)c7ccccc7)cc6)cc(-c6ccc7c8ccccc8n(-c8ccccc8)c7c6)c5)cc43)cc21. The van der Waals surface area contributed by atoms with E-state index in [1.807, 2.05) is 0 Å². The van der Waals surface area contributed by atoms with E-state index in [-0.39, 0.29) is 5.41 Å². The molecule has 0 atom stereocenters. The van der Waals surface area contributed by atoms with Crippen LogP contribution in [0.15, 0.2) is 261 Å². The normalized spacial score (nSPS) is 12.7. The molecule has 340 valence electrons. The molecule has 3 nitrogen and oxygen atoms in total. The van der Waals surface area contributed by atoms with Gasteiger partial charge in [-0.05, 0) is 159 Å². The van der Waals surface area contributed by atoms with Crippen LogP contribution in [0.1, 0.15) is 25.0 Å². The van der Waals surface area contributed by atoms with Crippen molar-refractivity contribution in [3.63, 3.8) is 0 Å². The molecule has 1 aliphatic carbocycles. The highest BCUT2D eigenvalue weighted by atomic mass is 15.1. The number of rotatable bonds is 8. The van der Waals surface area contributed by atoms with Crippen molar-refractivity contribution in [1.82, 2.24) is 9.13 Å². The third-order valence-corrected chi connectivity index (χ3v) is 15.3. The van der Waals surface area contributed by atoms with Crippen molar-refractivity contribution < 1.29 is 0 Å². The minimum absolute atomic E-state index is 0.110. The molecule has 1 aliphatic rings. The van der Waals surface area contributed by atoms with Crippen molar-refractivity contribution >= 4 is 60.7 Å². The standard InChI is InChI=1S/C69H49N3/c1-69(2)63-27-15-12-24-57(63)58-39-36-56(45-64(58)69)72-66-29-17-14-26-60(66)62-38-33-48(44-68(62)72)51-41-49(46-30-34-55(35-31-46)70(52-18-6-3-7-19-52)53-20-8-4-9-21-53)40-50(42-51)47-32-37-61-59-25-13-16-28-65(59)71(67(61)43-47)54-22-10-5-11-23-54/h3-45H,1-2H3. The fourth-order valence-electron chi connectivity index (χ4n) is 11.8. The van der Waals surface area contributed by atoms with Crippen LogP contribution in [0.5, 0.6) is 0 Å². The van der Waals surface area contributed by atoms with Gasteiger partial charge in [0.05, 0.1) is 22.1 Å². The minimum Gasteiger partial charge on any atom is -0.311 e. The second kappa shape index (κ2) is 16.5. The van der Waals surface area contributed by atoms with Crippen LogP contribution in [0.2, 0.25) is 0 Å². The summed E-state index contributed by atoms with van der Waals surface area (Å²) in [5.74, 6) is 0. The number of hydrogen-bond donors (Lipinski definition) is 0. The summed E-state index contributed by atoms with van der Waals surface area (Å²) >= 11 is 0. The van der Waals surface area contributed by atoms with E-state index in [0.29, 0.717) is 0 Å². The Morgan fingerprint density at radius 2 is 0.708 bits per heavy atom. The first-order valence-electron chi connectivity index (χ1n) is 25.0. The van der Waals surface area contributed by atoms with Gasteiger partial charge in [0, 0.05) is 55.4 Å². The minimum atomic E-state index is -0.110. The highest BCUT2D eigenvalue weighted by molar-refractivity contribution is 6.12. The molecule has 11 aromatic carbocycles. The molecule has 0 amide bonds. The first-order valence-corrected chi connectivity index (χ1v) is 25.0. The van der Waals surface area contributed by atoms with E-state index in [2.05, 4.69) is 289 Å². The molecule has 0 N–H and O–H groups in total. The predicted molar refractivity (Wildman–Crippen MR) is 304 cm³/mol. The summed E-state index contributed by atoms with van der Waals surface area (Å²) in [6, 6.07) is 96.0.